The van der Waals surface area contributed by atoms with Gasteiger partial charge >= 0.3 is 0 Å². The highest BCUT2D eigenvalue weighted by Gasteiger charge is 2.06. The molecular formula is C14H23NO3. The van der Waals surface area contributed by atoms with E-state index >= 15 is 0 Å². The largest absolute Gasteiger partial charge is 0.497 e. The summed E-state index contributed by atoms with van der Waals surface area (Å²) in [6, 6.07) is 7.44. The molecule has 0 saturated heterocycles. The van der Waals surface area contributed by atoms with Crippen LogP contribution in [0.1, 0.15) is 30.9 Å². The van der Waals surface area contributed by atoms with E-state index in [1.165, 1.54) is 0 Å². The molecule has 4 heteroatoms. The highest BCUT2D eigenvalue weighted by Crippen LogP contribution is 2.16. The van der Waals surface area contributed by atoms with Crippen molar-refractivity contribution in [1.29, 1.82) is 0 Å². The summed E-state index contributed by atoms with van der Waals surface area (Å²) in [5.41, 5.74) is 0.888. The van der Waals surface area contributed by atoms with E-state index in [4.69, 9.17) is 9.84 Å². The SMILES string of the molecule is COc1ccc(C(O)CNCCCCCO)cc1. The minimum Gasteiger partial charge on any atom is -0.497 e. The Morgan fingerprint density at radius 3 is 2.50 bits per heavy atom. The lowest BCUT2D eigenvalue weighted by atomic mass is 10.1. The monoisotopic (exact) mass is 253 g/mol. The highest BCUT2D eigenvalue weighted by molar-refractivity contribution is 5.28. The van der Waals surface area contributed by atoms with Crippen LogP contribution in [0, 0.1) is 0 Å². The van der Waals surface area contributed by atoms with Crippen molar-refractivity contribution in [2.24, 2.45) is 0 Å². The lowest BCUT2D eigenvalue weighted by Gasteiger charge is -2.12. The van der Waals surface area contributed by atoms with Gasteiger partial charge in [-0.25, -0.2) is 0 Å². The Morgan fingerprint density at radius 2 is 1.89 bits per heavy atom. The van der Waals surface area contributed by atoms with Crippen molar-refractivity contribution in [2.45, 2.75) is 25.4 Å². The second-order valence-corrected chi connectivity index (χ2v) is 4.28. The van der Waals surface area contributed by atoms with Crippen LogP contribution in [0.2, 0.25) is 0 Å². The molecule has 0 saturated carbocycles. The number of rotatable bonds is 9. The molecule has 1 aromatic carbocycles. The molecule has 0 bridgehead atoms. The first-order valence-corrected chi connectivity index (χ1v) is 6.41. The number of nitrogens with one attached hydrogen (secondary N) is 1. The molecule has 0 radical (unpaired) electrons. The summed E-state index contributed by atoms with van der Waals surface area (Å²) in [7, 11) is 1.62. The third-order valence-corrected chi connectivity index (χ3v) is 2.85. The molecule has 1 aromatic rings. The molecule has 0 amide bonds. The van der Waals surface area contributed by atoms with Crippen LogP contribution >= 0.6 is 0 Å². The number of methoxy groups -OCH3 is 1. The lowest BCUT2D eigenvalue weighted by Crippen LogP contribution is -2.22. The van der Waals surface area contributed by atoms with Crippen LogP contribution in [-0.2, 0) is 0 Å². The summed E-state index contributed by atoms with van der Waals surface area (Å²) in [5.74, 6) is 0.794. The van der Waals surface area contributed by atoms with Crippen molar-refractivity contribution in [2.75, 3.05) is 26.8 Å². The molecule has 18 heavy (non-hydrogen) atoms. The minimum atomic E-state index is -0.492. The molecule has 3 N–H and O–H groups in total. The second kappa shape index (κ2) is 8.91. The van der Waals surface area contributed by atoms with E-state index in [0.29, 0.717) is 6.54 Å². The van der Waals surface area contributed by atoms with Crippen LogP contribution in [0.5, 0.6) is 5.75 Å². The summed E-state index contributed by atoms with van der Waals surface area (Å²) in [4.78, 5) is 0. The number of hydrogen-bond donors (Lipinski definition) is 3. The van der Waals surface area contributed by atoms with E-state index in [2.05, 4.69) is 5.32 Å². The Morgan fingerprint density at radius 1 is 1.17 bits per heavy atom. The standard InChI is InChI=1S/C14H23NO3/c1-18-13-7-5-12(6-8-13)14(17)11-15-9-3-2-4-10-16/h5-8,14-17H,2-4,9-11H2,1H3. The first kappa shape index (κ1) is 15.0. The van der Waals surface area contributed by atoms with E-state index in [1.54, 1.807) is 7.11 Å². The van der Waals surface area contributed by atoms with E-state index in [9.17, 15) is 5.11 Å². The first-order valence-electron chi connectivity index (χ1n) is 6.41. The quantitative estimate of drug-likeness (QED) is 0.583. The summed E-state index contributed by atoms with van der Waals surface area (Å²) in [6.45, 7) is 1.67. The van der Waals surface area contributed by atoms with Crippen LogP contribution in [0.15, 0.2) is 24.3 Å². The lowest BCUT2D eigenvalue weighted by molar-refractivity contribution is 0.174. The molecule has 102 valence electrons. The Bertz CT molecular complexity index is 313. The van der Waals surface area contributed by atoms with Crippen molar-refractivity contribution in [3.63, 3.8) is 0 Å². The maximum absolute atomic E-state index is 9.94. The van der Waals surface area contributed by atoms with E-state index in [0.717, 1.165) is 37.1 Å². The fraction of sp³-hybridized carbons (Fsp3) is 0.571. The number of benzene rings is 1. The average molecular weight is 253 g/mol. The first-order chi connectivity index (χ1) is 8.77. The van der Waals surface area contributed by atoms with E-state index in [-0.39, 0.29) is 6.61 Å². The van der Waals surface area contributed by atoms with Crippen molar-refractivity contribution in [3.8, 4) is 5.75 Å². The molecule has 0 aliphatic rings. The van der Waals surface area contributed by atoms with Gasteiger partial charge in [0, 0.05) is 13.2 Å². The van der Waals surface area contributed by atoms with E-state index in [1.807, 2.05) is 24.3 Å². The second-order valence-electron chi connectivity index (χ2n) is 4.28. The summed E-state index contributed by atoms with van der Waals surface area (Å²) in [5, 5.41) is 21.8. The highest BCUT2D eigenvalue weighted by atomic mass is 16.5. The minimum absolute atomic E-state index is 0.258. The molecule has 0 aliphatic heterocycles. The fourth-order valence-electron chi connectivity index (χ4n) is 1.72. The molecule has 1 rings (SSSR count). The predicted octanol–water partition coefficient (Wildman–Crippen LogP) is 1.48. The number of unbranched alkanes of at least 4 members (excludes halogenated alkanes) is 2. The van der Waals surface area contributed by atoms with Crippen molar-refractivity contribution < 1.29 is 14.9 Å². The van der Waals surface area contributed by atoms with Gasteiger partial charge in [0.05, 0.1) is 13.2 Å². The van der Waals surface area contributed by atoms with Gasteiger partial charge in [-0.2, -0.15) is 0 Å². The average Bonchev–Trinajstić information content (AvgIpc) is 2.42. The number of hydrogen-bond acceptors (Lipinski definition) is 4. The number of ether oxygens (including phenoxy) is 1. The van der Waals surface area contributed by atoms with E-state index < -0.39 is 6.10 Å². The summed E-state index contributed by atoms with van der Waals surface area (Å²) < 4.78 is 5.07. The van der Waals surface area contributed by atoms with Crippen LogP contribution < -0.4 is 10.1 Å². The van der Waals surface area contributed by atoms with Gasteiger partial charge in [0.15, 0.2) is 0 Å². The molecule has 0 aromatic heterocycles. The molecule has 4 nitrogen and oxygen atoms in total. The molecule has 0 spiro atoms. The summed E-state index contributed by atoms with van der Waals surface area (Å²) in [6.07, 6.45) is 2.40. The Labute approximate surface area is 109 Å². The van der Waals surface area contributed by atoms with Crippen LogP contribution in [-0.4, -0.2) is 37.0 Å². The molecular weight excluding hydrogens is 230 g/mol. The van der Waals surface area contributed by atoms with Crippen molar-refractivity contribution >= 4 is 0 Å². The van der Waals surface area contributed by atoms with Crippen LogP contribution in [0.3, 0.4) is 0 Å². The Hall–Kier alpha value is -1.10. The van der Waals surface area contributed by atoms with Gasteiger partial charge in [0.25, 0.3) is 0 Å². The summed E-state index contributed by atoms with van der Waals surface area (Å²) >= 11 is 0. The van der Waals surface area contributed by atoms with Crippen molar-refractivity contribution in [3.05, 3.63) is 29.8 Å². The van der Waals surface area contributed by atoms with Crippen molar-refractivity contribution in [1.82, 2.24) is 5.32 Å². The predicted molar refractivity (Wildman–Crippen MR) is 71.8 cm³/mol. The zero-order chi connectivity index (χ0) is 13.2. The number of aliphatic hydroxyl groups excluding tert-OH is 2. The van der Waals surface area contributed by atoms with Gasteiger partial charge in [-0.3, -0.25) is 0 Å². The van der Waals surface area contributed by atoms with Gasteiger partial charge in [-0.15, -0.1) is 0 Å². The molecule has 1 atom stereocenters. The Balaban J connectivity index is 2.21. The maximum Gasteiger partial charge on any atom is 0.118 e. The normalized spacial score (nSPS) is 12.4. The molecule has 0 aliphatic carbocycles. The molecule has 1 unspecified atom stereocenters. The van der Waals surface area contributed by atoms with Crippen LogP contribution in [0.25, 0.3) is 0 Å². The third kappa shape index (κ3) is 5.49. The molecule has 0 heterocycles. The van der Waals surface area contributed by atoms with Gasteiger partial charge < -0.3 is 20.3 Å². The zero-order valence-electron chi connectivity index (χ0n) is 10.9. The number of aliphatic hydroxyl groups is 2. The van der Waals surface area contributed by atoms with Gasteiger partial charge in [-0.1, -0.05) is 12.1 Å². The Kier molecular flexibility index (Phi) is 7.41. The maximum atomic E-state index is 9.94. The molecule has 0 fully saturated rings. The fourth-order valence-corrected chi connectivity index (χ4v) is 1.72. The zero-order valence-corrected chi connectivity index (χ0v) is 10.9. The topological polar surface area (TPSA) is 61.7 Å². The smallest absolute Gasteiger partial charge is 0.118 e. The van der Waals surface area contributed by atoms with Gasteiger partial charge in [0.2, 0.25) is 0 Å². The van der Waals surface area contributed by atoms with Crippen LogP contribution in [0.4, 0.5) is 0 Å². The van der Waals surface area contributed by atoms with Gasteiger partial charge in [-0.05, 0) is 43.5 Å². The van der Waals surface area contributed by atoms with Gasteiger partial charge in [0.1, 0.15) is 5.75 Å². The third-order valence-electron chi connectivity index (χ3n) is 2.85.